The van der Waals surface area contributed by atoms with E-state index < -0.39 is 0 Å². The van der Waals surface area contributed by atoms with Crippen LogP contribution in [0, 0.1) is 12.8 Å². The summed E-state index contributed by atoms with van der Waals surface area (Å²) in [6.45, 7) is 5.64. The lowest BCUT2D eigenvalue weighted by atomic mass is 10.1. The monoisotopic (exact) mass is 266 g/mol. The molecule has 1 aliphatic carbocycles. The Kier molecular flexibility index (Phi) is 5.22. The molecule has 0 bridgehead atoms. The third-order valence-corrected chi connectivity index (χ3v) is 5.00. The minimum absolute atomic E-state index is 0.950. The molecular weight excluding hydrogens is 240 g/mol. The fourth-order valence-corrected chi connectivity index (χ4v) is 4.06. The van der Waals surface area contributed by atoms with Gasteiger partial charge in [0.2, 0.25) is 0 Å². The van der Waals surface area contributed by atoms with E-state index in [1.54, 1.807) is 0 Å². The van der Waals surface area contributed by atoms with E-state index >= 15 is 0 Å². The van der Waals surface area contributed by atoms with Crippen molar-refractivity contribution in [3.63, 3.8) is 0 Å². The molecule has 0 aliphatic heterocycles. The zero-order valence-electron chi connectivity index (χ0n) is 12.0. The van der Waals surface area contributed by atoms with Gasteiger partial charge >= 0.3 is 0 Å². The summed E-state index contributed by atoms with van der Waals surface area (Å²) in [4.78, 5) is 5.45. The maximum Gasteiger partial charge on any atom is 0.0296 e. The highest BCUT2D eigenvalue weighted by Gasteiger charge is 2.17. The molecule has 2 nitrogen and oxygen atoms in total. The number of nitrogens with one attached hydrogen (secondary N) is 1. The van der Waals surface area contributed by atoms with Crippen LogP contribution in [-0.4, -0.2) is 25.5 Å². The summed E-state index contributed by atoms with van der Waals surface area (Å²) in [5.41, 5.74) is 1.52. The lowest BCUT2D eigenvalue weighted by Crippen LogP contribution is -2.24. The molecule has 102 valence electrons. The van der Waals surface area contributed by atoms with Gasteiger partial charge < -0.3 is 10.2 Å². The van der Waals surface area contributed by atoms with E-state index in [9.17, 15) is 0 Å². The average molecular weight is 266 g/mol. The Morgan fingerprint density at radius 3 is 2.78 bits per heavy atom. The first-order valence-corrected chi connectivity index (χ1v) is 7.92. The van der Waals surface area contributed by atoms with Crippen molar-refractivity contribution in [2.75, 3.05) is 20.6 Å². The first kappa shape index (κ1) is 14.0. The molecule has 1 aromatic heterocycles. The molecule has 1 aliphatic rings. The molecule has 0 aromatic carbocycles. The second kappa shape index (κ2) is 6.69. The topological polar surface area (TPSA) is 15.3 Å². The Hall–Kier alpha value is -0.380. The SMILES string of the molecule is CNCc1cc(CN(C)CC2CCCC2)c(C)s1. The minimum Gasteiger partial charge on any atom is -0.315 e. The summed E-state index contributed by atoms with van der Waals surface area (Å²) >= 11 is 1.93. The number of hydrogen-bond acceptors (Lipinski definition) is 3. The maximum atomic E-state index is 3.23. The largest absolute Gasteiger partial charge is 0.315 e. The van der Waals surface area contributed by atoms with Crippen molar-refractivity contribution in [3.05, 3.63) is 21.4 Å². The van der Waals surface area contributed by atoms with Crippen LogP contribution in [-0.2, 0) is 13.1 Å². The number of rotatable bonds is 6. The average Bonchev–Trinajstić information content (AvgIpc) is 2.91. The van der Waals surface area contributed by atoms with Crippen LogP contribution < -0.4 is 5.32 Å². The number of aryl methyl sites for hydroxylation is 1. The van der Waals surface area contributed by atoms with Gasteiger partial charge in [-0.05, 0) is 51.4 Å². The lowest BCUT2D eigenvalue weighted by Gasteiger charge is -2.20. The second-order valence-electron chi connectivity index (χ2n) is 5.67. The normalized spacial score (nSPS) is 16.9. The van der Waals surface area contributed by atoms with Gasteiger partial charge in [-0.2, -0.15) is 0 Å². The molecule has 2 rings (SSSR count). The van der Waals surface area contributed by atoms with Gasteiger partial charge in [-0.1, -0.05) is 12.8 Å². The first-order valence-electron chi connectivity index (χ1n) is 7.10. The van der Waals surface area contributed by atoms with E-state index in [0.29, 0.717) is 0 Å². The van der Waals surface area contributed by atoms with Gasteiger partial charge in [0, 0.05) is 29.4 Å². The molecule has 0 unspecified atom stereocenters. The molecule has 1 fully saturated rings. The van der Waals surface area contributed by atoms with Crippen LogP contribution in [0.15, 0.2) is 6.07 Å². The third kappa shape index (κ3) is 3.81. The standard InChI is InChI=1S/C15H26N2S/c1-12-14(8-15(18-12)9-16-2)11-17(3)10-13-6-4-5-7-13/h8,13,16H,4-7,9-11H2,1-3H3. The highest BCUT2D eigenvalue weighted by molar-refractivity contribution is 7.12. The maximum absolute atomic E-state index is 3.23. The minimum atomic E-state index is 0.950. The van der Waals surface area contributed by atoms with Crippen molar-refractivity contribution in [1.82, 2.24) is 10.2 Å². The molecule has 1 N–H and O–H groups in total. The van der Waals surface area contributed by atoms with Crippen LogP contribution >= 0.6 is 11.3 Å². The Balaban J connectivity index is 1.87. The molecule has 0 saturated heterocycles. The molecule has 3 heteroatoms. The fraction of sp³-hybridized carbons (Fsp3) is 0.733. The van der Waals surface area contributed by atoms with Crippen LogP contribution in [0.2, 0.25) is 0 Å². The molecular formula is C15H26N2S. The van der Waals surface area contributed by atoms with Crippen molar-refractivity contribution in [2.24, 2.45) is 5.92 Å². The number of thiophene rings is 1. The predicted octanol–water partition coefficient (Wildman–Crippen LogP) is 3.40. The Morgan fingerprint density at radius 1 is 1.39 bits per heavy atom. The molecule has 0 atom stereocenters. The van der Waals surface area contributed by atoms with Gasteiger partial charge in [-0.15, -0.1) is 11.3 Å². The van der Waals surface area contributed by atoms with Crippen molar-refractivity contribution >= 4 is 11.3 Å². The highest BCUT2D eigenvalue weighted by Crippen LogP contribution is 2.27. The number of hydrogen-bond donors (Lipinski definition) is 1. The van der Waals surface area contributed by atoms with Gasteiger partial charge in [0.1, 0.15) is 0 Å². The zero-order valence-corrected chi connectivity index (χ0v) is 12.8. The molecule has 1 aromatic rings. The van der Waals surface area contributed by atoms with E-state index in [1.807, 2.05) is 18.4 Å². The van der Waals surface area contributed by atoms with Crippen molar-refractivity contribution in [3.8, 4) is 0 Å². The molecule has 0 radical (unpaired) electrons. The van der Waals surface area contributed by atoms with Crippen LogP contribution in [0.25, 0.3) is 0 Å². The van der Waals surface area contributed by atoms with Crippen LogP contribution in [0.3, 0.4) is 0 Å². The van der Waals surface area contributed by atoms with Gasteiger partial charge in [0.05, 0.1) is 0 Å². The zero-order chi connectivity index (χ0) is 13.0. The van der Waals surface area contributed by atoms with Gasteiger partial charge in [0.15, 0.2) is 0 Å². The third-order valence-electron chi connectivity index (χ3n) is 3.91. The van der Waals surface area contributed by atoms with E-state index in [2.05, 4.69) is 30.3 Å². The fourth-order valence-electron chi connectivity index (χ4n) is 2.99. The van der Waals surface area contributed by atoms with Crippen LogP contribution in [0.1, 0.15) is 41.0 Å². The molecule has 18 heavy (non-hydrogen) atoms. The van der Waals surface area contributed by atoms with E-state index in [1.165, 1.54) is 47.5 Å². The smallest absolute Gasteiger partial charge is 0.0296 e. The summed E-state index contributed by atoms with van der Waals surface area (Å²) in [5.74, 6) is 0.950. The van der Waals surface area contributed by atoms with E-state index in [-0.39, 0.29) is 0 Å². The Bertz CT molecular complexity index is 367. The summed E-state index contributed by atoms with van der Waals surface area (Å²) in [5, 5.41) is 3.23. The summed E-state index contributed by atoms with van der Waals surface area (Å²) in [6.07, 6.45) is 5.78. The van der Waals surface area contributed by atoms with Gasteiger partial charge in [-0.25, -0.2) is 0 Å². The quantitative estimate of drug-likeness (QED) is 0.849. The van der Waals surface area contributed by atoms with Crippen molar-refractivity contribution in [1.29, 1.82) is 0 Å². The summed E-state index contributed by atoms with van der Waals surface area (Å²) in [7, 11) is 4.29. The van der Waals surface area contributed by atoms with E-state index in [0.717, 1.165) is 19.0 Å². The Morgan fingerprint density at radius 2 is 2.11 bits per heavy atom. The van der Waals surface area contributed by atoms with E-state index in [4.69, 9.17) is 0 Å². The van der Waals surface area contributed by atoms with Crippen molar-refractivity contribution < 1.29 is 0 Å². The van der Waals surface area contributed by atoms with Gasteiger partial charge in [0.25, 0.3) is 0 Å². The first-order chi connectivity index (χ1) is 8.69. The lowest BCUT2D eigenvalue weighted by molar-refractivity contribution is 0.271. The van der Waals surface area contributed by atoms with Crippen molar-refractivity contribution in [2.45, 2.75) is 45.7 Å². The number of nitrogens with zero attached hydrogens (tertiary/aromatic N) is 1. The van der Waals surface area contributed by atoms with Crippen LogP contribution in [0.4, 0.5) is 0 Å². The molecule has 1 saturated carbocycles. The molecule has 0 amide bonds. The van der Waals surface area contributed by atoms with Crippen LogP contribution in [0.5, 0.6) is 0 Å². The summed E-state index contributed by atoms with van der Waals surface area (Å²) in [6, 6.07) is 2.38. The predicted molar refractivity (Wildman–Crippen MR) is 80.1 cm³/mol. The Labute approximate surface area is 115 Å². The molecule has 1 heterocycles. The second-order valence-corrected chi connectivity index (χ2v) is 7.01. The van der Waals surface area contributed by atoms with Gasteiger partial charge in [-0.3, -0.25) is 0 Å². The highest BCUT2D eigenvalue weighted by atomic mass is 32.1. The molecule has 0 spiro atoms. The summed E-state index contributed by atoms with van der Waals surface area (Å²) < 4.78 is 0.